The number of aromatic nitrogens is 2. The Bertz CT molecular complexity index is 1280. The van der Waals surface area contributed by atoms with Crippen molar-refractivity contribution in [3.8, 4) is 0 Å². The van der Waals surface area contributed by atoms with Crippen molar-refractivity contribution in [3.05, 3.63) is 47.5 Å². The Morgan fingerprint density at radius 1 is 1.26 bits per heavy atom. The van der Waals surface area contributed by atoms with Gasteiger partial charge in [-0.1, -0.05) is 23.4 Å². The molecule has 1 fully saturated rings. The first kappa shape index (κ1) is 24.0. The number of methoxy groups -OCH3 is 1. The molecule has 0 unspecified atom stereocenters. The number of H-pyrrole nitrogens is 1. The molecular formula is C23H28N4O6S. The van der Waals surface area contributed by atoms with Crippen molar-refractivity contribution in [2.75, 3.05) is 20.2 Å². The average Bonchev–Trinajstić information content (AvgIpc) is 3.40. The molecule has 4 rings (SSSR count). The maximum Gasteiger partial charge on any atom is 0.328 e. The average molecular weight is 489 g/mol. The molecule has 3 heterocycles. The van der Waals surface area contributed by atoms with E-state index in [9.17, 15) is 18.0 Å². The zero-order valence-electron chi connectivity index (χ0n) is 19.3. The van der Waals surface area contributed by atoms with E-state index in [-0.39, 0.29) is 36.1 Å². The van der Waals surface area contributed by atoms with Gasteiger partial charge in [0.2, 0.25) is 15.9 Å². The van der Waals surface area contributed by atoms with E-state index in [2.05, 4.69) is 15.5 Å². The van der Waals surface area contributed by atoms with Gasteiger partial charge in [-0.05, 0) is 38.3 Å². The number of benzene rings is 1. The molecule has 2 aromatic heterocycles. The topological polar surface area (TPSA) is 135 Å². The summed E-state index contributed by atoms with van der Waals surface area (Å²) >= 11 is 0. The van der Waals surface area contributed by atoms with Gasteiger partial charge in [0.15, 0.2) is 5.76 Å². The number of piperidine rings is 1. The Morgan fingerprint density at radius 3 is 2.62 bits per heavy atom. The largest absolute Gasteiger partial charge is 0.467 e. The summed E-state index contributed by atoms with van der Waals surface area (Å²) in [6, 6.07) is 6.87. The van der Waals surface area contributed by atoms with Crippen molar-refractivity contribution in [3.63, 3.8) is 0 Å². The number of para-hydroxylation sites is 1. The molecule has 1 saturated heterocycles. The Labute approximate surface area is 197 Å². The Morgan fingerprint density at radius 2 is 1.97 bits per heavy atom. The third-order valence-corrected chi connectivity index (χ3v) is 8.44. The Hall–Kier alpha value is -3.18. The molecule has 34 heavy (non-hydrogen) atoms. The third-order valence-electron chi connectivity index (χ3n) is 6.29. The number of hydrogen-bond donors (Lipinski definition) is 2. The summed E-state index contributed by atoms with van der Waals surface area (Å²) < 4.78 is 37.3. The van der Waals surface area contributed by atoms with Gasteiger partial charge in [0.05, 0.1) is 7.11 Å². The summed E-state index contributed by atoms with van der Waals surface area (Å²) in [5, 5.41) is 7.53. The monoisotopic (exact) mass is 488 g/mol. The molecule has 1 aromatic carbocycles. The number of carbonyl (C=O) groups excluding carboxylic acids is 2. The first-order valence-corrected chi connectivity index (χ1v) is 12.5. The van der Waals surface area contributed by atoms with Crippen molar-refractivity contribution >= 4 is 32.8 Å². The van der Waals surface area contributed by atoms with Crippen LogP contribution in [0.3, 0.4) is 0 Å². The number of aryl methyl sites for hydroxylation is 2. The molecule has 0 aliphatic carbocycles. The first-order valence-electron chi connectivity index (χ1n) is 11.1. The second kappa shape index (κ2) is 9.59. The van der Waals surface area contributed by atoms with E-state index in [1.165, 1.54) is 11.4 Å². The Balaban J connectivity index is 1.42. The lowest BCUT2D eigenvalue weighted by molar-refractivity contribution is -0.145. The lowest BCUT2D eigenvalue weighted by atomic mass is 9.96. The first-order chi connectivity index (χ1) is 16.2. The number of nitrogens with zero attached hydrogens (tertiary/aromatic N) is 2. The summed E-state index contributed by atoms with van der Waals surface area (Å²) in [6.07, 6.45) is 2.79. The quantitative estimate of drug-likeness (QED) is 0.486. The van der Waals surface area contributed by atoms with Crippen LogP contribution in [0.1, 0.15) is 29.9 Å². The number of sulfonamides is 1. The van der Waals surface area contributed by atoms with E-state index >= 15 is 0 Å². The molecule has 0 saturated carbocycles. The zero-order valence-corrected chi connectivity index (χ0v) is 20.1. The minimum absolute atomic E-state index is 0.0832. The molecule has 0 radical (unpaired) electrons. The fraction of sp³-hybridized carbons (Fsp3) is 0.435. The molecular weight excluding hydrogens is 460 g/mol. The van der Waals surface area contributed by atoms with Gasteiger partial charge in [0.1, 0.15) is 16.6 Å². The molecule has 1 aliphatic rings. The zero-order chi connectivity index (χ0) is 24.5. The molecule has 11 heteroatoms. The van der Waals surface area contributed by atoms with Crippen LogP contribution in [0.4, 0.5) is 0 Å². The van der Waals surface area contributed by atoms with E-state index in [0.717, 1.165) is 16.5 Å². The molecule has 182 valence electrons. The van der Waals surface area contributed by atoms with Crippen LogP contribution in [0, 0.1) is 19.8 Å². The number of hydrogen-bond acceptors (Lipinski definition) is 7. The maximum absolute atomic E-state index is 13.0. The van der Waals surface area contributed by atoms with Crippen LogP contribution in [0.25, 0.3) is 10.9 Å². The van der Waals surface area contributed by atoms with Crippen LogP contribution in [-0.4, -0.2) is 61.0 Å². The standard InChI is InChI=1S/C23H28N4O6S/c1-14-21(15(2)33-26-14)34(30,31)27-10-8-16(9-11-27)22(28)25-20(23(29)32-3)12-17-13-24-19-7-5-4-6-18(17)19/h4-7,13,16,20,24H,8-12H2,1-3H3,(H,25,28)/t20-/m1/s1. The number of amides is 1. The predicted molar refractivity (Wildman–Crippen MR) is 123 cm³/mol. The van der Waals surface area contributed by atoms with Gasteiger partial charge < -0.3 is 19.6 Å². The molecule has 0 bridgehead atoms. The number of aromatic amines is 1. The second-order valence-electron chi connectivity index (χ2n) is 8.48. The molecule has 3 aromatic rings. The highest BCUT2D eigenvalue weighted by Crippen LogP contribution is 2.28. The summed E-state index contributed by atoms with van der Waals surface area (Å²) in [7, 11) is -2.47. The fourth-order valence-corrected chi connectivity index (χ4v) is 6.24. The molecule has 0 spiro atoms. The van der Waals surface area contributed by atoms with E-state index < -0.39 is 28.0 Å². The summed E-state index contributed by atoms with van der Waals surface area (Å²) in [6.45, 7) is 3.53. The number of ether oxygens (including phenoxy) is 1. The van der Waals surface area contributed by atoms with Gasteiger partial charge in [-0.25, -0.2) is 13.2 Å². The summed E-state index contributed by atoms with van der Waals surface area (Å²) in [5.74, 6) is -0.983. The molecule has 1 aliphatic heterocycles. The van der Waals surface area contributed by atoms with Gasteiger partial charge in [-0.3, -0.25) is 4.79 Å². The van der Waals surface area contributed by atoms with Crippen LogP contribution >= 0.6 is 0 Å². The van der Waals surface area contributed by atoms with Gasteiger partial charge in [-0.2, -0.15) is 4.31 Å². The molecule has 1 amide bonds. The third kappa shape index (κ3) is 4.58. The molecule has 2 N–H and O–H groups in total. The van der Waals surface area contributed by atoms with Gasteiger partial charge in [0, 0.05) is 42.5 Å². The summed E-state index contributed by atoms with van der Waals surface area (Å²) in [5.41, 5.74) is 2.15. The smallest absolute Gasteiger partial charge is 0.328 e. The number of rotatable bonds is 7. The van der Waals surface area contributed by atoms with Crippen molar-refractivity contribution in [2.24, 2.45) is 5.92 Å². The summed E-state index contributed by atoms with van der Waals surface area (Å²) in [4.78, 5) is 28.7. The maximum atomic E-state index is 13.0. The van der Waals surface area contributed by atoms with E-state index in [4.69, 9.17) is 9.26 Å². The van der Waals surface area contributed by atoms with Crippen molar-refractivity contribution in [1.29, 1.82) is 0 Å². The second-order valence-corrected chi connectivity index (χ2v) is 10.4. The highest BCUT2D eigenvalue weighted by molar-refractivity contribution is 7.89. The molecule has 1 atom stereocenters. The minimum Gasteiger partial charge on any atom is -0.467 e. The number of nitrogens with one attached hydrogen (secondary N) is 2. The van der Waals surface area contributed by atoms with Crippen LogP contribution in [-0.2, 0) is 30.8 Å². The van der Waals surface area contributed by atoms with E-state index in [1.807, 2.05) is 30.5 Å². The van der Waals surface area contributed by atoms with E-state index in [0.29, 0.717) is 18.5 Å². The van der Waals surface area contributed by atoms with Crippen LogP contribution < -0.4 is 5.32 Å². The number of fused-ring (bicyclic) bond motifs is 1. The van der Waals surface area contributed by atoms with Crippen molar-refractivity contribution in [2.45, 2.75) is 44.0 Å². The predicted octanol–water partition coefficient (Wildman–Crippen LogP) is 2.07. The van der Waals surface area contributed by atoms with Crippen LogP contribution in [0.5, 0.6) is 0 Å². The van der Waals surface area contributed by atoms with Crippen molar-refractivity contribution < 1.29 is 27.3 Å². The normalized spacial score (nSPS) is 16.4. The lowest BCUT2D eigenvalue weighted by Crippen LogP contribution is -2.48. The van der Waals surface area contributed by atoms with E-state index in [1.54, 1.807) is 13.8 Å². The van der Waals surface area contributed by atoms with Gasteiger partial charge in [0.25, 0.3) is 0 Å². The highest BCUT2D eigenvalue weighted by Gasteiger charge is 2.36. The molecule has 10 nitrogen and oxygen atoms in total. The number of esters is 1. The van der Waals surface area contributed by atoms with Gasteiger partial charge >= 0.3 is 5.97 Å². The lowest BCUT2D eigenvalue weighted by Gasteiger charge is -2.31. The Kier molecular flexibility index (Phi) is 6.76. The van der Waals surface area contributed by atoms with Crippen LogP contribution in [0.2, 0.25) is 0 Å². The SMILES string of the molecule is COC(=O)[C@@H](Cc1c[nH]c2ccccc12)NC(=O)C1CCN(S(=O)(=O)c2c(C)noc2C)CC1. The van der Waals surface area contributed by atoms with Gasteiger partial charge in [-0.15, -0.1) is 0 Å². The minimum atomic E-state index is -3.76. The highest BCUT2D eigenvalue weighted by atomic mass is 32.2. The fourth-order valence-electron chi connectivity index (χ4n) is 4.48. The number of carbonyl (C=O) groups is 2. The van der Waals surface area contributed by atoms with Crippen LogP contribution in [0.15, 0.2) is 39.9 Å². The van der Waals surface area contributed by atoms with Crippen molar-refractivity contribution in [1.82, 2.24) is 19.8 Å².